The molecule has 3 rings (SSSR count). The number of carbonyl (C=O) groups excluding carboxylic acids is 2. The summed E-state index contributed by atoms with van der Waals surface area (Å²) in [5.41, 5.74) is 1.42. The zero-order valence-corrected chi connectivity index (χ0v) is 11.5. The molecule has 0 spiro atoms. The van der Waals surface area contributed by atoms with Crippen LogP contribution in [0.3, 0.4) is 0 Å². The van der Waals surface area contributed by atoms with Crippen molar-refractivity contribution in [2.24, 2.45) is 11.8 Å². The van der Waals surface area contributed by atoms with Crippen LogP contribution in [0.4, 0.5) is 0 Å². The van der Waals surface area contributed by atoms with Crippen LogP contribution in [0.25, 0.3) is 0 Å². The van der Waals surface area contributed by atoms with Gasteiger partial charge in [-0.3, -0.25) is 9.59 Å². The first-order valence-corrected chi connectivity index (χ1v) is 7.10. The Balaban J connectivity index is 2.04. The molecule has 0 bridgehead atoms. The van der Waals surface area contributed by atoms with Crippen LogP contribution in [0.2, 0.25) is 0 Å². The molecule has 1 aromatic carbocycles. The Labute approximate surface area is 117 Å². The van der Waals surface area contributed by atoms with Gasteiger partial charge in [-0.2, -0.15) is 0 Å². The average Bonchev–Trinajstić information content (AvgIpc) is 2.38. The van der Waals surface area contributed by atoms with E-state index in [0.717, 1.165) is 24.8 Å². The maximum Gasteiger partial charge on any atom is 0.308 e. The molecule has 3 unspecified atom stereocenters. The minimum atomic E-state index is -0.570. The molecule has 0 radical (unpaired) electrons. The fourth-order valence-electron chi connectivity index (χ4n) is 3.60. The smallest absolute Gasteiger partial charge is 0.308 e. The summed E-state index contributed by atoms with van der Waals surface area (Å²) in [6.07, 6.45) is 2.83. The summed E-state index contributed by atoms with van der Waals surface area (Å²) in [7, 11) is 0. The molecule has 1 N–H and O–H groups in total. The summed E-state index contributed by atoms with van der Waals surface area (Å²) in [4.78, 5) is 23.9. The lowest BCUT2D eigenvalue weighted by Gasteiger charge is -2.38. The summed E-state index contributed by atoms with van der Waals surface area (Å²) >= 11 is 0. The Kier molecular flexibility index (Phi) is 3.34. The number of esters is 1. The lowest BCUT2D eigenvalue weighted by atomic mass is 9.66. The van der Waals surface area contributed by atoms with E-state index in [1.165, 1.54) is 6.92 Å². The zero-order chi connectivity index (χ0) is 14.3. The summed E-state index contributed by atoms with van der Waals surface area (Å²) in [6.45, 7) is 1.32. The number of ketones is 1. The van der Waals surface area contributed by atoms with Gasteiger partial charge in [-0.1, -0.05) is 18.6 Å². The first kappa shape index (κ1) is 13.3. The van der Waals surface area contributed by atoms with E-state index in [1.807, 2.05) is 12.1 Å². The Morgan fingerprint density at radius 1 is 1.35 bits per heavy atom. The Morgan fingerprint density at radius 3 is 2.90 bits per heavy atom. The summed E-state index contributed by atoms with van der Waals surface area (Å²) in [6, 6.07) is 5.37. The van der Waals surface area contributed by atoms with Gasteiger partial charge in [0, 0.05) is 6.92 Å². The monoisotopic (exact) mass is 274 g/mol. The molecule has 4 nitrogen and oxygen atoms in total. The number of rotatable bonds is 1. The van der Waals surface area contributed by atoms with Gasteiger partial charge in [-0.15, -0.1) is 0 Å². The number of carbonyl (C=O) groups is 2. The second-order valence-corrected chi connectivity index (χ2v) is 5.74. The van der Waals surface area contributed by atoms with Gasteiger partial charge < -0.3 is 9.84 Å². The predicted molar refractivity (Wildman–Crippen MR) is 72.6 cm³/mol. The van der Waals surface area contributed by atoms with Gasteiger partial charge in [0.15, 0.2) is 5.78 Å². The second-order valence-electron chi connectivity index (χ2n) is 5.74. The van der Waals surface area contributed by atoms with Crippen molar-refractivity contribution in [2.75, 3.05) is 0 Å². The van der Waals surface area contributed by atoms with Crippen LogP contribution >= 0.6 is 0 Å². The van der Waals surface area contributed by atoms with E-state index in [0.29, 0.717) is 17.7 Å². The van der Waals surface area contributed by atoms with Crippen LogP contribution in [0, 0.1) is 11.8 Å². The van der Waals surface area contributed by atoms with E-state index in [2.05, 4.69) is 0 Å². The van der Waals surface area contributed by atoms with Gasteiger partial charge in [-0.05, 0) is 36.8 Å². The lowest BCUT2D eigenvalue weighted by molar-refractivity contribution is -0.131. The molecule has 0 amide bonds. The first-order chi connectivity index (χ1) is 9.58. The number of Topliss-reactive ketones (excluding diaryl/α,β-unsaturated/α-hetero) is 1. The van der Waals surface area contributed by atoms with Crippen molar-refractivity contribution in [1.29, 1.82) is 0 Å². The molecule has 2 aliphatic rings. The maximum atomic E-state index is 12.7. The third-order valence-electron chi connectivity index (χ3n) is 4.39. The molecular weight excluding hydrogens is 256 g/mol. The molecule has 0 heterocycles. The maximum absolute atomic E-state index is 12.7. The van der Waals surface area contributed by atoms with Crippen molar-refractivity contribution in [3.8, 4) is 5.75 Å². The van der Waals surface area contributed by atoms with Crippen molar-refractivity contribution >= 4 is 11.8 Å². The van der Waals surface area contributed by atoms with Gasteiger partial charge in [0.05, 0.1) is 17.6 Å². The fraction of sp³-hybridized carbons (Fsp3) is 0.500. The van der Waals surface area contributed by atoms with Gasteiger partial charge in [0.1, 0.15) is 5.75 Å². The first-order valence-electron chi connectivity index (χ1n) is 7.10. The molecule has 106 valence electrons. The quantitative estimate of drug-likeness (QED) is 0.629. The molecular formula is C16H18O4. The number of hydrogen-bond acceptors (Lipinski definition) is 4. The Bertz CT molecular complexity index is 564. The van der Waals surface area contributed by atoms with Crippen molar-refractivity contribution in [2.45, 2.75) is 38.7 Å². The van der Waals surface area contributed by atoms with Gasteiger partial charge in [-0.25, -0.2) is 0 Å². The molecule has 0 saturated heterocycles. The molecule has 1 saturated carbocycles. The highest BCUT2D eigenvalue weighted by atomic mass is 16.5. The molecule has 1 aromatic rings. The van der Waals surface area contributed by atoms with Crippen molar-refractivity contribution in [1.82, 2.24) is 0 Å². The van der Waals surface area contributed by atoms with Crippen LogP contribution in [0.5, 0.6) is 5.75 Å². The van der Waals surface area contributed by atoms with Crippen LogP contribution in [-0.2, 0) is 11.2 Å². The SMILES string of the molecule is CC(=O)Oc1cccc2c1C(=O)C1C(O)CCCC1C2. The molecule has 1 fully saturated rings. The molecule has 3 atom stereocenters. The number of aliphatic hydroxyl groups excluding tert-OH is 1. The Morgan fingerprint density at radius 2 is 2.15 bits per heavy atom. The van der Waals surface area contributed by atoms with Crippen LogP contribution < -0.4 is 4.74 Å². The summed E-state index contributed by atoms with van der Waals surface area (Å²) < 4.78 is 5.16. The number of ether oxygens (including phenoxy) is 1. The number of fused-ring (bicyclic) bond motifs is 2. The highest BCUT2D eigenvalue weighted by Gasteiger charge is 2.43. The van der Waals surface area contributed by atoms with Gasteiger partial charge in [0.2, 0.25) is 0 Å². The summed E-state index contributed by atoms with van der Waals surface area (Å²) in [5.74, 6) is -0.298. The third kappa shape index (κ3) is 2.14. The molecule has 20 heavy (non-hydrogen) atoms. The van der Waals surface area contributed by atoms with Gasteiger partial charge in [0.25, 0.3) is 0 Å². The van der Waals surface area contributed by atoms with Crippen LogP contribution in [0.15, 0.2) is 18.2 Å². The van der Waals surface area contributed by atoms with Crippen molar-refractivity contribution in [3.05, 3.63) is 29.3 Å². The van der Waals surface area contributed by atoms with E-state index >= 15 is 0 Å². The minimum Gasteiger partial charge on any atom is -0.426 e. The normalized spacial score (nSPS) is 28.5. The van der Waals surface area contributed by atoms with Crippen molar-refractivity contribution < 1.29 is 19.4 Å². The van der Waals surface area contributed by atoms with E-state index in [-0.39, 0.29) is 17.6 Å². The van der Waals surface area contributed by atoms with E-state index in [1.54, 1.807) is 6.07 Å². The molecule has 0 aliphatic heterocycles. The third-order valence-corrected chi connectivity index (χ3v) is 4.39. The van der Waals surface area contributed by atoms with Crippen molar-refractivity contribution in [3.63, 3.8) is 0 Å². The second kappa shape index (κ2) is 5.02. The standard InChI is InChI=1S/C16H18O4/c1-9(17)20-13-7-3-5-11-8-10-4-2-6-12(18)14(10)16(19)15(11)13/h3,5,7,10,12,14,18H,2,4,6,8H2,1H3. The van der Waals surface area contributed by atoms with Gasteiger partial charge >= 0.3 is 5.97 Å². The highest BCUT2D eigenvalue weighted by Crippen LogP contribution is 2.42. The predicted octanol–water partition coefficient (Wildman–Crippen LogP) is 2.13. The molecule has 2 aliphatic carbocycles. The Hall–Kier alpha value is -1.68. The average molecular weight is 274 g/mol. The lowest BCUT2D eigenvalue weighted by Crippen LogP contribution is -2.42. The molecule has 0 aromatic heterocycles. The largest absolute Gasteiger partial charge is 0.426 e. The topological polar surface area (TPSA) is 63.6 Å². The minimum absolute atomic E-state index is 0.0692. The zero-order valence-electron chi connectivity index (χ0n) is 11.5. The van der Waals surface area contributed by atoms with E-state index in [4.69, 9.17) is 4.74 Å². The van der Waals surface area contributed by atoms with Crippen LogP contribution in [-0.4, -0.2) is 23.0 Å². The van der Waals surface area contributed by atoms with Crippen LogP contribution in [0.1, 0.15) is 42.1 Å². The summed E-state index contributed by atoms with van der Waals surface area (Å²) in [5, 5.41) is 10.1. The number of aliphatic hydroxyl groups is 1. The van der Waals surface area contributed by atoms with E-state index < -0.39 is 12.1 Å². The molecule has 4 heteroatoms. The number of hydrogen-bond donors (Lipinski definition) is 1. The highest BCUT2D eigenvalue weighted by molar-refractivity contribution is 6.03. The van der Waals surface area contributed by atoms with E-state index in [9.17, 15) is 14.7 Å². The fourth-order valence-corrected chi connectivity index (χ4v) is 3.60. The number of benzene rings is 1.